The fourth-order valence-electron chi connectivity index (χ4n) is 3.30. The van der Waals surface area contributed by atoms with Gasteiger partial charge in [0.1, 0.15) is 0 Å². The molecule has 6 heteroatoms. The normalized spacial score (nSPS) is 21.7. The SMILES string of the molecule is CCNC(=NCc1ccc(CN2CCOCC2)cc1)NCC1CCCS1. The average molecular weight is 377 g/mol. The first kappa shape index (κ1) is 19.5. The fraction of sp³-hybridized carbons (Fsp3) is 0.650. The van der Waals surface area contributed by atoms with Crippen molar-refractivity contribution in [1.82, 2.24) is 15.5 Å². The van der Waals surface area contributed by atoms with Crippen LogP contribution in [0.15, 0.2) is 29.3 Å². The van der Waals surface area contributed by atoms with Crippen LogP contribution in [0.4, 0.5) is 0 Å². The summed E-state index contributed by atoms with van der Waals surface area (Å²) in [4.78, 5) is 7.20. The van der Waals surface area contributed by atoms with Crippen molar-refractivity contribution < 1.29 is 4.74 Å². The van der Waals surface area contributed by atoms with Gasteiger partial charge in [-0.3, -0.25) is 4.90 Å². The van der Waals surface area contributed by atoms with Gasteiger partial charge in [0.15, 0.2) is 5.96 Å². The first-order chi connectivity index (χ1) is 12.8. The molecule has 0 spiro atoms. The van der Waals surface area contributed by atoms with E-state index in [9.17, 15) is 0 Å². The number of aliphatic imine (C=N–C) groups is 1. The third-order valence-electron chi connectivity index (χ3n) is 4.82. The Morgan fingerprint density at radius 1 is 1.19 bits per heavy atom. The lowest BCUT2D eigenvalue weighted by molar-refractivity contribution is 0.0342. The molecule has 2 fully saturated rings. The van der Waals surface area contributed by atoms with Crippen LogP contribution in [-0.4, -0.2) is 61.3 Å². The number of ether oxygens (including phenoxy) is 1. The van der Waals surface area contributed by atoms with Crippen molar-refractivity contribution in [2.45, 2.75) is 38.1 Å². The summed E-state index contributed by atoms with van der Waals surface area (Å²) in [5.74, 6) is 2.23. The predicted octanol–water partition coefficient (Wildman–Crippen LogP) is 2.47. The standard InChI is InChI=1S/C20H32N4OS/c1-2-21-20(23-15-19-4-3-13-26-19)22-14-17-5-7-18(8-6-17)16-24-9-11-25-12-10-24/h5-8,19H,2-4,9-16H2,1H3,(H2,21,22,23). The van der Waals surface area contributed by atoms with Crippen molar-refractivity contribution in [3.8, 4) is 0 Å². The van der Waals surface area contributed by atoms with Gasteiger partial charge in [-0.25, -0.2) is 4.99 Å². The summed E-state index contributed by atoms with van der Waals surface area (Å²) in [7, 11) is 0. The Bertz CT molecular complexity index is 551. The Morgan fingerprint density at radius 3 is 2.65 bits per heavy atom. The molecular formula is C20H32N4OS. The topological polar surface area (TPSA) is 48.9 Å². The van der Waals surface area contributed by atoms with E-state index in [0.29, 0.717) is 6.54 Å². The highest BCUT2D eigenvalue weighted by atomic mass is 32.2. The minimum atomic E-state index is 0.713. The number of hydrogen-bond donors (Lipinski definition) is 2. The molecule has 3 rings (SSSR count). The van der Waals surface area contributed by atoms with E-state index in [4.69, 9.17) is 9.73 Å². The van der Waals surface area contributed by atoms with E-state index in [2.05, 4.69) is 58.5 Å². The zero-order chi connectivity index (χ0) is 18.0. The summed E-state index contributed by atoms with van der Waals surface area (Å²) < 4.78 is 5.41. The Kier molecular flexibility index (Phi) is 8.11. The summed E-state index contributed by atoms with van der Waals surface area (Å²) in [6.07, 6.45) is 2.67. The molecule has 0 aromatic heterocycles. The molecule has 2 aliphatic rings. The van der Waals surface area contributed by atoms with Gasteiger partial charge in [-0.2, -0.15) is 11.8 Å². The number of nitrogens with zero attached hydrogens (tertiary/aromatic N) is 2. The fourth-order valence-corrected chi connectivity index (χ4v) is 4.50. The van der Waals surface area contributed by atoms with E-state index < -0.39 is 0 Å². The van der Waals surface area contributed by atoms with Crippen LogP contribution in [0.3, 0.4) is 0 Å². The molecule has 1 atom stereocenters. The van der Waals surface area contributed by atoms with Crippen molar-refractivity contribution >= 4 is 17.7 Å². The van der Waals surface area contributed by atoms with Crippen LogP contribution < -0.4 is 10.6 Å². The molecule has 0 amide bonds. The number of benzene rings is 1. The quantitative estimate of drug-likeness (QED) is 0.566. The molecule has 2 aliphatic heterocycles. The van der Waals surface area contributed by atoms with Gasteiger partial charge in [-0.1, -0.05) is 24.3 Å². The Balaban J connectivity index is 1.48. The third-order valence-corrected chi connectivity index (χ3v) is 6.22. The number of guanidine groups is 1. The summed E-state index contributed by atoms with van der Waals surface area (Å²) in [5.41, 5.74) is 2.62. The summed E-state index contributed by atoms with van der Waals surface area (Å²) in [6.45, 7) is 9.50. The van der Waals surface area contributed by atoms with Gasteiger partial charge in [0, 0.05) is 38.0 Å². The van der Waals surface area contributed by atoms with Crippen molar-refractivity contribution in [2.24, 2.45) is 4.99 Å². The van der Waals surface area contributed by atoms with Crippen LogP contribution in [0, 0.1) is 0 Å². The minimum Gasteiger partial charge on any atom is -0.379 e. The second kappa shape index (κ2) is 10.8. The van der Waals surface area contributed by atoms with Gasteiger partial charge in [0.25, 0.3) is 0 Å². The molecule has 1 unspecified atom stereocenters. The van der Waals surface area contributed by atoms with Crippen molar-refractivity contribution in [3.05, 3.63) is 35.4 Å². The zero-order valence-electron chi connectivity index (χ0n) is 15.9. The van der Waals surface area contributed by atoms with Crippen molar-refractivity contribution in [1.29, 1.82) is 0 Å². The van der Waals surface area contributed by atoms with E-state index in [0.717, 1.165) is 57.1 Å². The highest BCUT2D eigenvalue weighted by molar-refractivity contribution is 8.00. The zero-order valence-corrected chi connectivity index (χ0v) is 16.7. The largest absolute Gasteiger partial charge is 0.379 e. The van der Waals surface area contributed by atoms with Gasteiger partial charge in [0.2, 0.25) is 0 Å². The Morgan fingerprint density at radius 2 is 1.96 bits per heavy atom. The van der Waals surface area contributed by atoms with Crippen molar-refractivity contribution in [2.75, 3.05) is 45.1 Å². The molecule has 0 saturated carbocycles. The number of rotatable bonds is 7. The van der Waals surface area contributed by atoms with E-state index in [1.807, 2.05) is 0 Å². The van der Waals surface area contributed by atoms with Gasteiger partial charge in [-0.05, 0) is 36.6 Å². The Labute approximate surface area is 162 Å². The molecule has 1 aromatic rings. The smallest absolute Gasteiger partial charge is 0.191 e. The van der Waals surface area contributed by atoms with Crippen molar-refractivity contribution in [3.63, 3.8) is 0 Å². The maximum Gasteiger partial charge on any atom is 0.191 e. The van der Waals surface area contributed by atoms with E-state index in [-0.39, 0.29) is 0 Å². The molecule has 144 valence electrons. The molecule has 2 heterocycles. The van der Waals surface area contributed by atoms with Gasteiger partial charge in [-0.15, -0.1) is 0 Å². The molecule has 2 saturated heterocycles. The van der Waals surface area contributed by atoms with E-state index >= 15 is 0 Å². The van der Waals surface area contributed by atoms with Gasteiger partial charge < -0.3 is 15.4 Å². The number of thioether (sulfide) groups is 1. The average Bonchev–Trinajstić information content (AvgIpc) is 3.20. The lowest BCUT2D eigenvalue weighted by Crippen LogP contribution is -2.40. The van der Waals surface area contributed by atoms with Gasteiger partial charge in [0.05, 0.1) is 19.8 Å². The maximum absolute atomic E-state index is 5.41. The van der Waals surface area contributed by atoms with Crippen LogP contribution in [0.25, 0.3) is 0 Å². The molecule has 0 bridgehead atoms. The molecule has 0 radical (unpaired) electrons. The first-order valence-electron chi connectivity index (χ1n) is 9.85. The van der Waals surface area contributed by atoms with Crippen LogP contribution in [0.1, 0.15) is 30.9 Å². The minimum absolute atomic E-state index is 0.713. The maximum atomic E-state index is 5.41. The van der Waals surface area contributed by atoms with Crippen LogP contribution in [0.5, 0.6) is 0 Å². The first-order valence-corrected chi connectivity index (χ1v) is 10.9. The summed E-state index contributed by atoms with van der Waals surface area (Å²) in [6, 6.07) is 8.87. The number of nitrogens with one attached hydrogen (secondary N) is 2. The Hall–Kier alpha value is -1.24. The lowest BCUT2D eigenvalue weighted by atomic mass is 10.1. The number of hydrogen-bond acceptors (Lipinski definition) is 4. The van der Waals surface area contributed by atoms with Crippen LogP contribution in [-0.2, 0) is 17.8 Å². The molecular weight excluding hydrogens is 344 g/mol. The van der Waals surface area contributed by atoms with E-state index in [1.54, 1.807) is 0 Å². The molecule has 1 aromatic carbocycles. The molecule has 5 nitrogen and oxygen atoms in total. The highest BCUT2D eigenvalue weighted by Gasteiger charge is 2.15. The predicted molar refractivity (Wildman–Crippen MR) is 111 cm³/mol. The second-order valence-corrected chi connectivity index (χ2v) is 8.32. The molecule has 26 heavy (non-hydrogen) atoms. The van der Waals surface area contributed by atoms with E-state index in [1.165, 1.54) is 29.7 Å². The number of morpholine rings is 1. The highest BCUT2D eigenvalue weighted by Crippen LogP contribution is 2.25. The second-order valence-electron chi connectivity index (χ2n) is 6.92. The summed E-state index contributed by atoms with van der Waals surface area (Å²) in [5, 5.41) is 7.59. The lowest BCUT2D eigenvalue weighted by Gasteiger charge is -2.26. The van der Waals surface area contributed by atoms with Crippen LogP contribution in [0.2, 0.25) is 0 Å². The van der Waals surface area contributed by atoms with Gasteiger partial charge >= 0.3 is 0 Å². The molecule has 2 N–H and O–H groups in total. The van der Waals surface area contributed by atoms with Crippen LogP contribution >= 0.6 is 11.8 Å². The summed E-state index contributed by atoms with van der Waals surface area (Å²) >= 11 is 2.08. The third kappa shape index (κ3) is 6.49. The monoisotopic (exact) mass is 376 g/mol. The molecule has 0 aliphatic carbocycles.